The minimum Gasteiger partial charge on any atom is -0.421 e. The van der Waals surface area contributed by atoms with Gasteiger partial charge in [-0.1, -0.05) is 30.3 Å². The van der Waals surface area contributed by atoms with Gasteiger partial charge in [-0.05, 0) is 40.2 Å². The quantitative estimate of drug-likeness (QED) is 0.602. The number of carbonyl (C=O) groups is 2. The number of nitrogens with one attached hydrogen (secondary N) is 2. The molecule has 0 atom stereocenters. The Balaban J connectivity index is 1.43. The summed E-state index contributed by atoms with van der Waals surface area (Å²) in [4.78, 5) is 23.8. The molecule has 27 heavy (non-hydrogen) atoms. The van der Waals surface area contributed by atoms with Crippen molar-refractivity contribution in [2.75, 3.05) is 11.9 Å². The minimum atomic E-state index is -0.306. The van der Waals surface area contributed by atoms with Crippen molar-refractivity contribution in [2.45, 2.75) is 12.8 Å². The summed E-state index contributed by atoms with van der Waals surface area (Å²) in [5.74, 6) is 0.219. The van der Waals surface area contributed by atoms with E-state index in [1.807, 2.05) is 48.5 Å². The number of anilines is 1. The zero-order valence-electron chi connectivity index (χ0n) is 14.3. The number of hydrogen-bond acceptors (Lipinski definition) is 5. The van der Waals surface area contributed by atoms with Crippen LogP contribution in [0.15, 0.2) is 63.5 Å². The molecule has 0 spiro atoms. The van der Waals surface area contributed by atoms with E-state index in [4.69, 9.17) is 4.42 Å². The van der Waals surface area contributed by atoms with Gasteiger partial charge in [-0.2, -0.15) is 0 Å². The van der Waals surface area contributed by atoms with E-state index >= 15 is 0 Å². The van der Waals surface area contributed by atoms with Gasteiger partial charge in [-0.25, -0.2) is 0 Å². The van der Waals surface area contributed by atoms with Crippen molar-refractivity contribution in [3.05, 3.63) is 65.0 Å². The molecule has 7 nitrogen and oxygen atoms in total. The van der Waals surface area contributed by atoms with E-state index < -0.39 is 0 Å². The van der Waals surface area contributed by atoms with Crippen LogP contribution in [0.4, 0.5) is 5.69 Å². The standard InChI is InChI=1S/C19H17BrN4O3/c20-14-8-4-5-9-15(14)22-17(26)12-21-16(25)10-11-18-23-24-19(27-18)13-6-2-1-3-7-13/h1-9H,10-12H2,(H,21,25)(H,22,26). The number of amides is 2. The number of benzene rings is 2. The zero-order chi connectivity index (χ0) is 19.1. The summed E-state index contributed by atoms with van der Waals surface area (Å²) >= 11 is 3.35. The van der Waals surface area contributed by atoms with Crippen molar-refractivity contribution in [3.8, 4) is 11.5 Å². The largest absolute Gasteiger partial charge is 0.421 e. The summed E-state index contributed by atoms with van der Waals surface area (Å²) in [7, 11) is 0. The van der Waals surface area contributed by atoms with E-state index in [2.05, 4.69) is 36.8 Å². The molecule has 138 valence electrons. The molecule has 2 N–H and O–H groups in total. The summed E-state index contributed by atoms with van der Waals surface area (Å²) in [6.07, 6.45) is 0.455. The fourth-order valence-corrected chi connectivity index (χ4v) is 2.68. The first-order chi connectivity index (χ1) is 13.1. The lowest BCUT2D eigenvalue weighted by molar-refractivity contribution is -0.124. The van der Waals surface area contributed by atoms with Crippen LogP contribution < -0.4 is 10.6 Å². The predicted molar refractivity (Wildman–Crippen MR) is 104 cm³/mol. The van der Waals surface area contributed by atoms with Crippen LogP contribution in [-0.2, 0) is 16.0 Å². The molecule has 2 amide bonds. The highest BCUT2D eigenvalue weighted by Gasteiger charge is 2.11. The van der Waals surface area contributed by atoms with Gasteiger partial charge in [0.05, 0.1) is 12.2 Å². The highest BCUT2D eigenvalue weighted by atomic mass is 79.9. The first kappa shape index (κ1) is 18.8. The third-order valence-corrected chi connectivity index (χ3v) is 4.34. The molecule has 0 bridgehead atoms. The summed E-state index contributed by atoms with van der Waals surface area (Å²) < 4.78 is 6.32. The minimum absolute atomic E-state index is 0.112. The Morgan fingerprint density at radius 1 is 0.963 bits per heavy atom. The van der Waals surface area contributed by atoms with E-state index in [9.17, 15) is 9.59 Å². The van der Waals surface area contributed by atoms with Gasteiger partial charge in [0.2, 0.25) is 23.6 Å². The molecule has 2 aromatic carbocycles. The average Bonchev–Trinajstić information content (AvgIpc) is 3.16. The molecular weight excluding hydrogens is 412 g/mol. The van der Waals surface area contributed by atoms with Gasteiger partial charge in [0.15, 0.2) is 0 Å². The van der Waals surface area contributed by atoms with Gasteiger partial charge in [0.25, 0.3) is 0 Å². The molecule has 0 aliphatic heterocycles. The fourth-order valence-electron chi connectivity index (χ4n) is 2.30. The number of para-hydroxylation sites is 1. The fraction of sp³-hybridized carbons (Fsp3) is 0.158. The van der Waals surface area contributed by atoms with Crippen LogP contribution in [0.1, 0.15) is 12.3 Å². The normalized spacial score (nSPS) is 10.4. The van der Waals surface area contributed by atoms with Gasteiger partial charge in [0, 0.05) is 22.9 Å². The first-order valence-corrected chi connectivity index (χ1v) is 9.10. The van der Waals surface area contributed by atoms with E-state index in [1.165, 1.54) is 0 Å². The Hall–Kier alpha value is -3.00. The zero-order valence-corrected chi connectivity index (χ0v) is 15.9. The lowest BCUT2D eigenvalue weighted by Crippen LogP contribution is -2.33. The molecule has 3 aromatic rings. The number of carbonyl (C=O) groups excluding carboxylic acids is 2. The van der Waals surface area contributed by atoms with Crippen molar-refractivity contribution in [1.29, 1.82) is 0 Å². The maximum Gasteiger partial charge on any atom is 0.247 e. The van der Waals surface area contributed by atoms with Crippen LogP contribution in [0.2, 0.25) is 0 Å². The van der Waals surface area contributed by atoms with E-state index in [-0.39, 0.29) is 24.8 Å². The number of nitrogens with zero attached hydrogens (tertiary/aromatic N) is 2. The average molecular weight is 429 g/mol. The van der Waals surface area contributed by atoms with Crippen LogP contribution in [0.3, 0.4) is 0 Å². The van der Waals surface area contributed by atoms with Crippen LogP contribution in [-0.4, -0.2) is 28.6 Å². The van der Waals surface area contributed by atoms with Gasteiger partial charge in [-0.3, -0.25) is 9.59 Å². The molecule has 0 saturated carbocycles. The number of aryl methyl sites for hydroxylation is 1. The lowest BCUT2D eigenvalue weighted by atomic mass is 10.2. The summed E-state index contributed by atoms with van der Waals surface area (Å²) in [6.45, 7) is -0.112. The molecule has 0 aliphatic rings. The molecule has 0 fully saturated rings. The molecule has 0 saturated heterocycles. The maximum absolute atomic E-state index is 11.9. The molecule has 0 unspecified atom stereocenters. The lowest BCUT2D eigenvalue weighted by Gasteiger charge is -2.08. The molecule has 1 aromatic heterocycles. The first-order valence-electron chi connectivity index (χ1n) is 8.30. The van der Waals surface area contributed by atoms with E-state index in [0.717, 1.165) is 10.0 Å². The van der Waals surface area contributed by atoms with Crippen molar-refractivity contribution in [3.63, 3.8) is 0 Å². The van der Waals surface area contributed by atoms with Crippen molar-refractivity contribution >= 4 is 33.4 Å². The van der Waals surface area contributed by atoms with Gasteiger partial charge in [0.1, 0.15) is 0 Å². The molecule has 0 radical (unpaired) electrons. The Morgan fingerprint density at radius 2 is 1.70 bits per heavy atom. The van der Waals surface area contributed by atoms with Crippen LogP contribution >= 0.6 is 15.9 Å². The van der Waals surface area contributed by atoms with Crippen LogP contribution in [0.5, 0.6) is 0 Å². The molecule has 0 aliphatic carbocycles. The summed E-state index contributed by atoms with van der Waals surface area (Å²) in [5.41, 5.74) is 1.47. The van der Waals surface area contributed by atoms with Crippen molar-refractivity contribution in [1.82, 2.24) is 15.5 Å². The van der Waals surface area contributed by atoms with Gasteiger partial charge in [-0.15, -0.1) is 10.2 Å². The second kappa shape index (κ2) is 9.09. The van der Waals surface area contributed by atoms with Crippen molar-refractivity contribution in [2.24, 2.45) is 0 Å². The molecular formula is C19H17BrN4O3. The second-order valence-electron chi connectivity index (χ2n) is 5.67. The topological polar surface area (TPSA) is 97.1 Å². The number of rotatable bonds is 7. The predicted octanol–water partition coefficient (Wildman–Crippen LogP) is 3.19. The monoisotopic (exact) mass is 428 g/mol. The second-order valence-corrected chi connectivity index (χ2v) is 6.53. The Bertz CT molecular complexity index is 927. The summed E-state index contributed by atoms with van der Waals surface area (Å²) in [5, 5.41) is 13.2. The maximum atomic E-state index is 11.9. The highest BCUT2D eigenvalue weighted by molar-refractivity contribution is 9.10. The highest BCUT2D eigenvalue weighted by Crippen LogP contribution is 2.21. The Kier molecular flexibility index (Phi) is 6.32. The van der Waals surface area contributed by atoms with Crippen LogP contribution in [0.25, 0.3) is 11.5 Å². The molecule has 1 heterocycles. The molecule has 3 rings (SSSR count). The smallest absolute Gasteiger partial charge is 0.247 e. The van der Waals surface area contributed by atoms with E-state index in [0.29, 0.717) is 23.9 Å². The third-order valence-electron chi connectivity index (χ3n) is 3.65. The third kappa shape index (κ3) is 5.49. The van der Waals surface area contributed by atoms with Crippen LogP contribution in [0, 0.1) is 0 Å². The number of halogens is 1. The SMILES string of the molecule is O=C(CCc1nnc(-c2ccccc2)o1)NCC(=O)Nc1ccccc1Br. The Labute approximate surface area is 164 Å². The van der Waals surface area contributed by atoms with Crippen molar-refractivity contribution < 1.29 is 14.0 Å². The van der Waals surface area contributed by atoms with Gasteiger partial charge < -0.3 is 15.1 Å². The molecule has 8 heteroatoms. The Morgan fingerprint density at radius 3 is 2.48 bits per heavy atom. The number of hydrogen-bond donors (Lipinski definition) is 2. The summed E-state index contributed by atoms with van der Waals surface area (Å²) in [6, 6.07) is 16.7. The van der Waals surface area contributed by atoms with Gasteiger partial charge >= 0.3 is 0 Å². The number of aromatic nitrogens is 2. The van der Waals surface area contributed by atoms with E-state index in [1.54, 1.807) is 6.07 Å².